The Kier molecular flexibility index (Phi) is 4.53. The number of anilines is 1. The third-order valence-electron chi connectivity index (χ3n) is 1.32. The molecule has 0 aliphatic carbocycles. The molecule has 0 fully saturated rings. The average molecular weight is 198 g/mol. The van der Waals surface area contributed by atoms with Gasteiger partial charge in [-0.15, -0.1) is 0 Å². The van der Waals surface area contributed by atoms with Gasteiger partial charge in [-0.05, 0) is 13.3 Å². The lowest BCUT2D eigenvalue weighted by atomic mass is 10.6. The Hall–Kier alpha value is -0.840. The fraction of sp³-hybridized carbons (Fsp3) is 0.625. The van der Waals surface area contributed by atoms with Gasteiger partial charge < -0.3 is 5.32 Å². The molecular formula is C8H14N4S. The number of hydrogen-bond donors (Lipinski definition) is 1. The summed E-state index contributed by atoms with van der Waals surface area (Å²) in [5.41, 5.74) is 0. The smallest absolute Gasteiger partial charge is 0.226 e. The molecule has 0 amide bonds. The van der Waals surface area contributed by atoms with Crippen molar-refractivity contribution < 1.29 is 0 Å². The van der Waals surface area contributed by atoms with E-state index in [0.29, 0.717) is 5.95 Å². The molecule has 1 rings (SSSR count). The number of nitrogens with zero attached hydrogens (tertiary/aromatic N) is 3. The van der Waals surface area contributed by atoms with Crippen LogP contribution in [0.3, 0.4) is 0 Å². The molecule has 0 saturated heterocycles. The molecule has 1 heterocycles. The van der Waals surface area contributed by atoms with Crippen LogP contribution in [0.1, 0.15) is 20.3 Å². The highest BCUT2D eigenvalue weighted by molar-refractivity contribution is 7.99. The van der Waals surface area contributed by atoms with E-state index in [2.05, 4.69) is 27.2 Å². The molecule has 0 atom stereocenters. The Labute approximate surface area is 82.6 Å². The number of rotatable bonds is 5. The van der Waals surface area contributed by atoms with Crippen molar-refractivity contribution >= 4 is 17.7 Å². The maximum atomic E-state index is 4.23. The van der Waals surface area contributed by atoms with Crippen LogP contribution < -0.4 is 5.32 Å². The normalized spacial score (nSPS) is 10.0. The van der Waals surface area contributed by atoms with Gasteiger partial charge in [0.05, 0.1) is 0 Å². The standard InChI is InChI=1S/C8H14N4S/c1-3-5-13-8-11-6-10-7(12-8)9-4-2/h6H,3-5H2,1-2H3,(H,9,10,11,12). The molecule has 0 bridgehead atoms. The van der Waals surface area contributed by atoms with Crippen LogP contribution in [0.5, 0.6) is 0 Å². The Morgan fingerprint density at radius 2 is 2.23 bits per heavy atom. The third-order valence-corrected chi connectivity index (χ3v) is 2.39. The Balaban J connectivity index is 2.56. The average Bonchev–Trinajstić information content (AvgIpc) is 2.16. The Morgan fingerprint density at radius 1 is 1.38 bits per heavy atom. The number of hydrogen-bond acceptors (Lipinski definition) is 5. The van der Waals surface area contributed by atoms with E-state index in [-0.39, 0.29) is 0 Å². The summed E-state index contributed by atoms with van der Waals surface area (Å²) in [5.74, 6) is 1.71. The first-order valence-corrected chi connectivity index (χ1v) is 5.41. The summed E-state index contributed by atoms with van der Waals surface area (Å²) in [6.45, 7) is 4.99. The first kappa shape index (κ1) is 10.2. The van der Waals surface area contributed by atoms with Crippen LogP contribution in [0.15, 0.2) is 11.5 Å². The highest BCUT2D eigenvalue weighted by Gasteiger charge is 1.98. The van der Waals surface area contributed by atoms with E-state index in [9.17, 15) is 0 Å². The molecule has 0 spiro atoms. The van der Waals surface area contributed by atoms with E-state index in [1.165, 1.54) is 0 Å². The van der Waals surface area contributed by atoms with E-state index in [4.69, 9.17) is 0 Å². The van der Waals surface area contributed by atoms with E-state index in [1.807, 2.05) is 6.92 Å². The summed E-state index contributed by atoms with van der Waals surface area (Å²) >= 11 is 1.66. The van der Waals surface area contributed by atoms with Crippen molar-refractivity contribution in [1.82, 2.24) is 15.0 Å². The topological polar surface area (TPSA) is 50.7 Å². The molecule has 4 nitrogen and oxygen atoms in total. The molecule has 72 valence electrons. The summed E-state index contributed by atoms with van der Waals surface area (Å²) in [6.07, 6.45) is 2.68. The van der Waals surface area contributed by atoms with Gasteiger partial charge in [0.1, 0.15) is 6.33 Å². The molecule has 0 unspecified atom stereocenters. The van der Waals surface area contributed by atoms with Crippen molar-refractivity contribution in [3.05, 3.63) is 6.33 Å². The molecule has 13 heavy (non-hydrogen) atoms. The quantitative estimate of drug-likeness (QED) is 0.731. The monoisotopic (exact) mass is 198 g/mol. The summed E-state index contributed by atoms with van der Waals surface area (Å²) < 4.78 is 0. The fourth-order valence-electron chi connectivity index (χ4n) is 0.787. The van der Waals surface area contributed by atoms with Crippen LogP contribution in [0.25, 0.3) is 0 Å². The van der Waals surface area contributed by atoms with Crippen LogP contribution in [0.2, 0.25) is 0 Å². The minimum absolute atomic E-state index is 0.663. The van der Waals surface area contributed by atoms with E-state index in [1.54, 1.807) is 18.1 Å². The molecule has 0 aromatic carbocycles. The molecule has 1 aromatic heterocycles. The summed E-state index contributed by atoms with van der Waals surface area (Å²) in [5, 5.41) is 3.85. The number of nitrogens with one attached hydrogen (secondary N) is 1. The van der Waals surface area contributed by atoms with E-state index in [0.717, 1.165) is 23.9 Å². The van der Waals surface area contributed by atoms with Crippen molar-refractivity contribution in [2.75, 3.05) is 17.6 Å². The van der Waals surface area contributed by atoms with Crippen LogP contribution >= 0.6 is 11.8 Å². The molecule has 0 aliphatic rings. The highest BCUT2D eigenvalue weighted by Crippen LogP contribution is 2.13. The van der Waals surface area contributed by atoms with Gasteiger partial charge in [-0.3, -0.25) is 0 Å². The first-order chi connectivity index (χ1) is 6.36. The maximum Gasteiger partial charge on any atom is 0.226 e. The van der Waals surface area contributed by atoms with Crippen LogP contribution in [0, 0.1) is 0 Å². The minimum atomic E-state index is 0.663. The van der Waals surface area contributed by atoms with Crippen molar-refractivity contribution in [3.8, 4) is 0 Å². The van der Waals surface area contributed by atoms with Crippen molar-refractivity contribution in [3.63, 3.8) is 0 Å². The number of thioether (sulfide) groups is 1. The van der Waals surface area contributed by atoms with E-state index >= 15 is 0 Å². The highest BCUT2D eigenvalue weighted by atomic mass is 32.2. The summed E-state index contributed by atoms with van der Waals surface area (Å²) in [7, 11) is 0. The predicted octanol–water partition coefficient (Wildman–Crippen LogP) is 1.81. The second kappa shape index (κ2) is 5.75. The Bertz CT molecular complexity index is 254. The van der Waals surface area contributed by atoms with Gasteiger partial charge >= 0.3 is 0 Å². The molecule has 0 aliphatic heterocycles. The van der Waals surface area contributed by atoms with Gasteiger partial charge in [-0.1, -0.05) is 18.7 Å². The van der Waals surface area contributed by atoms with Gasteiger partial charge in [0.15, 0.2) is 5.16 Å². The van der Waals surface area contributed by atoms with Gasteiger partial charge in [-0.2, -0.15) is 4.98 Å². The van der Waals surface area contributed by atoms with Crippen molar-refractivity contribution in [2.24, 2.45) is 0 Å². The van der Waals surface area contributed by atoms with Crippen LogP contribution in [-0.2, 0) is 0 Å². The SMILES string of the molecule is CCCSc1ncnc(NCC)n1. The van der Waals surface area contributed by atoms with Gasteiger partial charge in [0.2, 0.25) is 5.95 Å². The van der Waals surface area contributed by atoms with Crippen molar-refractivity contribution in [1.29, 1.82) is 0 Å². The zero-order valence-corrected chi connectivity index (χ0v) is 8.77. The molecule has 1 N–H and O–H groups in total. The zero-order chi connectivity index (χ0) is 9.52. The Morgan fingerprint density at radius 3 is 2.92 bits per heavy atom. The molecule has 0 saturated carbocycles. The third kappa shape index (κ3) is 3.59. The lowest BCUT2D eigenvalue weighted by molar-refractivity contribution is 0.895. The van der Waals surface area contributed by atoms with Crippen LogP contribution in [-0.4, -0.2) is 27.2 Å². The van der Waals surface area contributed by atoms with E-state index < -0.39 is 0 Å². The van der Waals surface area contributed by atoms with Gasteiger partial charge in [-0.25, -0.2) is 9.97 Å². The van der Waals surface area contributed by atoms with Crippen LogP contribution in [0.4, 0.5) is 5.95 Å². The van der Waals surface area contributed by atoms with Gasteiger partial charge in [0, 0.05) is 12.3 Å². The minimum Gasteiger partial charge on any atom is -0.354 e. The molecule has 1 aromatic rings. The maximum absolute atomic E-state index is 4.23. The fourth-order valence-corrected chi connectivity index (χ4v) is 1.45. The molecule has 5 heteroatoms. The molecule has 0 radical (unpaired) electrons. The summed E-state index contributed by atoms with van der Waals surface area (Å²) in [6, 6.07) is 0. The largest absolute Gasteiger partial charge is 0.354 e. The van der Waals surface area contributed by atoms with Crippen molar-refractivity contribution in [2.45, 2.75) is 25.4 Å². The summed E-state index contributed by atoms with van der Waals surface area (Å²) in [4.78, 5) is 12.3. The lowest BCUT2D eigenvalue weighted by Crippen LogP contribution is -2.03. The second-order valence-electron chi connectivity index (χ2n) is 2.47. The first-order valence-electron chi connectivity index (χ1n) is 4.42. The number of aromatic nitrogens is 3. The van der Waals surface area contributed by atoms with Gasteiger partial charge in [0.25, 0.3) is 0 Å². The second-order valence-corrected chi connectivity index (χ2v) is 3.53. The zero-order valence-electron chi connectivity index (χ0n) is 7.95. The molecular weight excluding hydrogens is 184 g/mol. The predicted molar refractivity (Wildman–Crippen MR) is 55.0 cm³/mol. The lowest BCUT2D eigenvalue weighted by Gasteiger charge is -2.01.